The van der Waals surface area contributed by atoms with Crippen molar-refractivity contribution >= 4 is 21.6 Å². The van der Waals surface area contributed by atoms with Crippen molar-refractivity contribution < 1.29 is 4.74 Å². The molecule has 2 aromatic rings. The molecule has 0 aliphatic rings. The average molecular weight is 276 g/mol. The standard InChI is InChI=1S/C15H20N2OS/c1-4-5-8-12(11-17(2)3)18-15-16-13-9-6-7-10-14(13)19-15/h4,6-7,9-10,12H,1,5,8,11H2,2-3H3/t12-/m0/s1. The van der Waals surface area contributed by atoms with Gasteiger partial charge in [0.25, 0.3) is 5.19 Å². The Bertz CT molecular complexity index is 503. The van der Waals surface area contributed by atoms with E-state index in [0.717, 1.165) is 30.1 Å². The van der Waals surface area contributed by atoms with E-state index >= 15 is 0 Å². The molecule has 0 amide bonds. The SMILES string of the molecule is C=CCC[C@@H](CN(C)C)Oc1nc2ccccc2s1. The molecule has 19 heavy (non-hydrogen) atoms. The highest BCUT2D eigenvalue weighted by molar-refractivity contribution is 7.20. The first kappa shape index (κ1) is 14.0. The normalized spacial score (nSPS) is 12.8. The van der Waals surface area contributed by atoms with E-state index in [4.69, 9.17) is 4.74 Å². The number of nitrogens with zero attached hydrogens (tertiary/aromatic N) is 2. The fourth-order valence-corrected chi connectivity index (χ4v) is 2.82. The zero-order chi connectivity index (χ0) is 13.7. The Labute approximate surface area is 118 Å². The number of aromatic nitrogens is 1. The molecule has 0 N–H and O–H groups in total. The first-order valence-corrected chi connectivity index (χ1v) is 7.28. The number of hydrogen-bond donors (Lipinski definition) is 0. The third kappa shape index (κ3) is 4.04. The van der Waals surface area contributed by atoms with Crippen LogP contribution in [0.15, 0.2) is 36.9 Å². The van der Waals surface area contributed by atoms with Crippen LogP contribution < -0.4 is 4.74 Å². The van der Waals surface area contributed by atoms with Gasteiger partial charge in [0.15, 0.2) is 0 Å². The summed E-state index contributed by atoms with van der Waals surface area (Å²) in [5, 5.41) is 0.761. The number of hydrogen-bond acceptors (Lipinski definition) is 4. The van der Waals surface area contributed by atoms with Gasteiger partial charge in [-0.15, -0.1) is 6.58 Å². The quantitative estimate of drug-likeness (QED) is 0.723. The van der Waals surface area contributed by atoms with E-state index in [-0.39, 0.29) is 6.10 Å². The van der Waals surface area contributed by atoms with Gasteiger partial charge in [0.1, 0.15) is 6.10 Å². The highest BCUT2D eigenvalue weighted by Gasteiger charge is 2.14. The van der Waals surface area contributed by atoms with Crippen LogP contribution in [0.2, 0.25) is 0 Å². The number of para-hydroxylation sites is 1. The number of likely N-dealkylation sites (N-methyl/N-ethyl adjacent to an activating group) is 1. The van der Waals surface area contributed by atoms with E-state index in [9.17, 15) is 0 Å². The predicted molar refractivity (Wildman–Crippen MR) is 82.0 cm³/mol. The smallest absolute Gasteiger partial charge is 0.274 e. The van der Waals surface area contributed by atoms with Crippen molar-refractivity contribution in [2.24, 2.45) is 0 Å². The summed E-state index contributed by atoms with van der Waals surface area (Å²) in [6.07, 6.45) is 4.03. The Morgan fingerprint density at radius 1 is 1.42 bits per heavy atom. The minimum absolute atomic E-state index is 0.161. The zero-order valence-corrected chi connectivity index (χ0v) is 12.3. The minimum atomic E-state index is 0.161. The number of ether oxygens (including phenoxy) is 1. The molecule has 102 valence electrons. The van der Waals surface area contributed by atoms with Gasteiger partial charge in [-0.25, -0.2) is 4.98 Å². The molecule has 0 unspecified atom stereocenters. The number of benzene rings is 1. The molecule has 0 aliphatic carbocycles. The van der Waals surface area contributed by atoms with Gasteiger partial charge in [0.05, 0.1) is 10.2 Å². The Morgan fingerprint density at radius 2 is 2.21 bits per heavy atom. The lowest BCUT2D eigenvalue weighted by molar-refractivity contribution is 0.152. The summed E-state index contributed by atoms with van der Waals surface area (Å²) < 4.78 is 7.20. The maximum absolute atomic E-state index is 6.03. The van der Waals surface area contributed by atoms with Crippen LogP contribution in [0.3, 0.4) is 0 Å². The topological polar surface area (TPSA) is 25.4 Å². The molecule has 0 aliphatic heterocycles. The van der Waals surface area contributed by atoms with Gasteiger partial charge < -0.3 is 9.64 Å². The van der Waals surface area contributed by atoms with Crippen molar-refractivity contribution in [1.82, 2.24) is 9.88 Å². The summed E-state index contributed by atoms with van der Waals surface area (Å²) in [6.45, 7) is 4.66. The van der Waals surface area contributed by atoms with Crippen LogP contribution in [0.5, 0.6) is 5.19 Å². The number of allylic oxidation sites excluding steroid dienone is 1. The van der Waals surface area contributed by atoms with Crippen LogP contribution >= 0.6 is 11.3 Å². The lowest BCUT2D eigenvalue weighted by Gasteiger charge is -2.20. The van der Waals surface area contributed by atoms with Crippen LogP contribution in [0.4, 0.5) is 0 Å². The maximum atomic E-state index is 6.03. The first-order valence-electron chi connectivity index (χ1n) is 6.47. The van der Waals surface area contributed by atoms with Crippen molar-refractivity contribution in [2.75, 3.05) is 20.6 Å². The van der Waals surface area contributed by atoms with Crippen LogP contribution in [0, 0.1) is 0 Å². The van der Waals surface area contributed by atoms with Crippen molar-refractivity contribution in [3.63, 3.8) is 0 Å². The third-order valence-electron chi connectivity index (χ3n) is 2.80. The van der Waals surface area contributed by atoms with Crippen LogP contribution in [-0.2, 0) is 0 Å². The van der Waals surface area contributed by atoms with Gasteiger partial charge in [-0.1, -0.05) is 29.5 Å². The second-order valence-electron chi connectivity index (χ2n) is 4.82. The molecule has 0 saturated heterocycles. The summed E-state index contributed by atoms with van der Waals surface area (Å²) in [6, 6.07) is 8.12. The Morgan fingerprint density at radius 3 is 2.89 bits per heavy atom. The van der Waals surface area contributed by atoms with Gasteiger partial charge >= 0.3 is 0 Å². The second kappa shape index (κ2) is 6.68. The van der Waals surface area contributed by atoms with E-state index in [1.54, 1.807) is 11.3 Å². The monoisotopic (exact) mass is 276 g/mol. The van der Waals surface area contributed by atoms with Crippen molar-refractivity contribution in [1.29, 1.82) is 0 Å². The molecule has 0 saturated carbocycles. The van der Waals surface area contributed by atoms with Crippen molar-refractivity contribution in [3.05, 3.63) is 36.9 Å². The molecule has 1 aromatic carbocycles. The van der Waals surface area contributed by atoms with E-state index in [0.29, 0.717) is 0 Å². The molecule has 4 heteroatoms. The van der Waals surface area contributed by atoms with E-state index in [1.807, 2.05) is 24.3 Å². The molecule has 2 rings (SSSR count). The van der Waals surface area contributed by atoms with Crippen molar-refractivity contribution in [2.45, 2.75) is 18.9 Å². The molecular formula is C15H20N2OS. The van der Waals surface area contributed by atoms with Crippen LogP contribution in [0.25, 0.3) is 10.2 Å². The molecule has 1 atom stereocenters. The third-order valence-corrected chi connectivity index (χ3v) is 3.73. The van der Waals surface area contributed by atoms with E-state index < -0.39 is 0 Å². The fraction of sp³-hybridized carbons (Fsp3) is 0.400. The molecule has 1 aromatic heterocycles. The van der Waals surface area contributed by atoms with E-state index in [1.165, 1.54) is 4.70 Å². The average Bonchev–Trinajstić information content (AvgIpc) is 2.77. The van der Waals surface area contributed by atoms with Gasteiger partial charge in [-0.2, -0.15) is 0 Å². The molecule has 0 bridgehead atoms. The maximum Gasteiger partial charge on any atom is 0.274 e. The summed E-state index contributed by atoms with van der Waals surface area (Å²) >= 11 is 1.61. The molecule has 3 nitrogen and oxygen atoms in total. The van der Waals surface area contributed by atoms with Gasteiger partial charge in [0, 0.05) is 6.54 Å². The summed E-state index contributed by atoms with van der Waals surface area (Å²) in [5.41, 5.74) is 1.01. The lowest BCUT2D eigenvalue weighted by Crippen LogP contribution is -2.30. The highest BCUT2D eigenvalue weighted by atomic mass is 32.1. The molecular weight excluding hydrogens is 256 g/mol. The summed E-state index contributed by atoms with van der Waals surface area (Å²) in [4.78, 5) is 6.66. The largest absolute Gasteiger partial charge is 0.465 e. The first-order chi connectivity index (χ1) is 9.19. The Balaban J connectivity index is 2.08. The van der Waals surface area contributed by atoms with Crippen molar-refractivity contribution in [3.8, 4) is 5.19 Å². The van der Waals surface area contributed by atoms with Gasteiger partial charge in [0.2, 0.25) is 0 Å². The van der Waals surface area contributed by atoms with Gasteiger partial charge in [-0.05, 0) is 39.1 Å². The minimum Gasteiger partial charge on any atom is -0.465 e. The lowest BCUT2D eigenvalue weighted by atomic mass is 10.2. The predicted octanol–water partition coefficient (Wildman–Crippen LogP) is 3.57. The molecule has 1 heterocycles. The van der Waals surface area contributed by atoms with Crippen LogP contribution in [0.1, 0.15) is 12.8 Å². The number of fused-ring (bicyclic) bond motifs is 1. The number of thiazole rings is 1. The second-order valence-corrected chi connectivity index (χ2v) is 5.81. The van der Waals surface area contributed by atoms with E-state index in [2.05, 4.69) is 36.6 Å². The highest BCUT2D eigenvalue weighted by Crippen LogP contribution is 2.28. The van der Waals surface area contributed by atoms with Crippen LogP contribution in [-0.4, -0.2) is 36.6 Å². The fourth-order valence-electron chi connectivity index (χ4n) is 1.94. The number of rotatable bonds is 7. The zero-order valence-electron chi connectivity index (χ0n) is 11.5. The molecule has 0 fully saturated rings. The molecule has 0 radical (unpaired) electrons. The Kier molecular flexibility index (Phi) is 4.93. The summed E-state index contributed by atoms with van der Waals surface area (Å²) in [7, 11) is 4.12. The molecule has 0 spiro atoms. The van der Waals surface area contributed by atoms with Gasteiger partial charge in [-0.3, -0.25) is 0 Å². The summed E-state index contributed by atoms with van der Waals surface area (Å²) in [5.74, 6) is 0. The Hall–Kier alpha value is -1.39.